The summed E-state index contributed by atoms with van der Waals surface area (Å²) in [6, 6.07) is 9.94. The first-order chi connectivity index (χ1) is 15.1. The molecule has 1 N–H and O–H groups in total. The number of rotatable bonds is 7. The Morgan fingerprint density at radius 1 is 1.03 bits per heavy atom. The Morgan fingerprint density at radius 2 is 1.77 bits per heavy atom. The molecule has 1 aliphatic rings. The summed E-state index contributed by atoms with van der Waals surface area (Å²) in [4.78, 5) is 30.5. The monoisotopic (exact) mass is 418 g/mol. The Morgan fingerprint density at radius 3 is 2.55 bits per heavy atom. The lowest BCUT2D eigenvalue weighted by atomic mass is 9.99. The van der Waals surface area contributed by atoms with Crippen LogP contribution in [-0.2, 0) is 11.2 Å². The number of benzene rings is 1. The molecule has 1 aliphatic heterocycles. The Bertz CT molecular complexity index is 1030. The van der Waals surface area contributed by atoms with Crippen LogP contribution in [0.5, 0.6) is 0 Å². The number of hydrogen-bond acceptors (Lipinski definition) is 6. The number of carbonyl (C=O) groups is 1. The average molecular weight is 419 g/mol. The number of fused-ring (bicyclic) bond motifs is 1. The Hall–Kier alpha value is -3.06. The first-order valence-corrected chi connectivity index (χ1v) is 11.0. The quantitative estimate of drug-likeness (QED) is 0.595. The van der Waals surface area contributed by atoms with E-state index in [9.17, 15) is 4.79 Å². The fourth-order valence-electron chi connectivity index (χ4n) is 4.21. The van der Waals surface area contributed by atoms with Gasteiger partial charge < -0.3 is 10.2 Å². The topological polar surface area (TPSA) is 74.2 Å². The van der Waals surface area contributed by atoms with Crippen molar-refractivity contribution in [3.8, 4) is 0 Å². The molecule has 1 fully saturated rings. The molecule has 0 spiro atoms. The summed E-state index contributed by atoms with van der Waals surface area (Å²) >= 11 is 0. The average Bonchev–Trinajstić information content (AvgIpc) is 2.80. The normalized spacial score (nSPS) is 14.7. The van der Waals surface area contributed by atoms with Gasteiger partial charge in [0.2, 0.25) is 11.9 Å². The molecule has 162 valence electrons. The van der Waals surface area contributed by atoms with Gasteiger partial charge in [0.05, 0.1) is 11.9 Å². The highest BCUT2D eigenvalue weighted by atomic mass is 16.1. The van der Waals surface area contributed by atoms with Gasteiger partial charge in [-0.2, -0.15) is 0 Å². The number of pyridine rings is 1. The largest absolute Gasteiger partial charge is 0.356 e. The number of aromatic nitrogens is 3. The van der Waals surface area contributed by atoms with E-state index in [1.54, 1.807) is 12.4 Å². The van der Waals surface area contributed by atoms with Gasteiger partial charge in [-0.05, 0) is 50.1 Å². The first-order valence-electron chi connectivity index (χ1n) is 11.0. The maximum Gasteiger partial charge on any atom is 0.225 e. The molecule has 0 saturated carbocycles. The van der Waals surface area contributed by atoms with E-state index >= 15 is 0 Å². The molecule has 0 unspecified atom stereocenters. The molecule has 1 saturated heterocycles. The van der Waals surface area contributed by atoms with E-state index in [1.807, 2.05) is 31.2 Å². The summed E-state index contributed by atoms with van der Waals surface area (Å²) in [5.41, 5.74) is 4.11. The van der Waals surface area contributed by atoms with Crippen molar-refractivity contribution in [1.82, 2.24) is 25.2 Å². The molecule has 3 aromatic rings. The van der Waals surface area contributed by atoms with Crippen LogP contribution in [0.1, 0.15) is 23.2 Å². The zero-order valence-corrected chi connectivity index (χ0v) is 18.3. The summed E-state index contributed by atoms with van der Waals surface area (Å²) in [5.74, 6) is 0.873. The summed E-state index contributed by atoms with van der Waals surface area (Å²) in [7, 11) is 0. The maximum absolute atomic E-state index is 12.5. The first kappa shape index (κ1) is 21.2. The zero-order valence-electron chi connectivity index (χ0n) is 18.3. The highest BCUT2D eigenvalue weighted by Crippen LogP contribution is 2.22. The number of carbonyl (C=O) groups excluding carboxylic acids is 1. The second-order valence-electron chi connectivity index (χ2n) is 8.08. The van der Waals surface area contributed by atoms with Crippen LogP contribution in [-0.4, -0.2) is 65.0 Å². The van der Waals surface area contributed by atoms with Gasteiger partial charge in [-0.3, -0.25) is 14.7 Å². The number of nitrogens with zero attached hydrogens (tertiary/aromatic N) is 5. The van der Waals surface area contributed by atoms with Crippen LogP contribution in [0.2, 0.25) is 0 Å². The summed E-state index contributed by atoms with van der Waals surface area (Å²) in [6.07, 6.45) is 4.90. The van der Waals surface area contributed by atoms with Crippen molar-refractivity contribution in [3.05, 3.63) is 59.5 Å². The summed E-state index contributed by atoms with van der Waals surface area (Å²) in [5, 5.41) is 4.21. The number of aryl methyl sites for hydroxylation is 2. The van der Waals surface area contributed by atoms with Gasteiger partial charge in [-0.25, -0.2) is 9.97 Å². The van der Waals surface area contributed by atoms with Gasteiger partial charge in [0.15, 0.2) is 0 Å². The number of hydrogen-bond donors (Lipinski definition) is 1. The van der Waals surface area contributed by atoms with E-state index in [0.29, 0.717) is 13.0 Å². The van der Waals surface area contributed by atoms with Gasteiger partial charge >= 0.3 is 0 Å². The Labute approximate surface area is 183 Å². The van der Waals surface area contributed by atoms with Crippen LogP contribution in [0.4, 0.5) is 5.95 Å². The third-order valence-electron chi connectivity index (χ3n) is 6.00. The van der Waals surface area contributed by atoms with Crippen LogP contribution in [0.25, 0.3) is 10.9 Å². The highest BCUT2D eigenvalue weighted by molar-refractivity contribution is 5.86. The van der Waals surface area contributed by atoms with Crippen molar-refractivity contribution in [2.24, 2.45) is 0 Å². The molecule has 4 rings (SSSR count). The molecular weight excluding hydrogens is 388 g/mol. The third-order valence-corrected chi connectivity index (χ3v) is 6.00. The second kappa shape index (κ2) is 9.83. The number of anilines is 1. The van der Waals surface area contributed by atoms with Crippen molar-refractivity contribution in [2.75, 3.05) is 44.2 Å². The van der Waals surface area contributed by atoms with E-state index < -0.39 is 0 Å². The molecular formula is C24H30N6O. The van der Waals surface area contributed by atoms with Crippen molar-refractivity contribution in [3.63, 3.8) is 0 Å². The van der Waals surface area contributed by atoms with E-state index in [1.165, 1.54) is 0 Å². The molecule has 0 aliphatic carbocycles. The van der Waals surface area contributed by atoms with Crippen LogP contribution < -0.4 is 10.2 Å². The highest BCUT2D eigenvalue weighted by Gasteiger charge is 2.18. The number of para-hydroxylation sites is 1. The Balaban J connectivity index is 1.21. The predicted octanol–water partition coefficient (Wildman–Crippen LogP) is 2.51. The number of amides is 1. The number of nitrogens with one attached hydrogen (secondary N) is 1. The standard InChI is InChI=1S/C24H30N6O/c1-18-20-7-3-4-8-22(20)28-19(2)21(18)17-23(31)25-11-6-12-29-13-15-30(16-14-29)24-26-9-5-10-27-24/h3-5,7-10H,6,11-17H2,1-2H3,(H,25,31). The van der Waals surface area contributed by atoms with Gasteiger partial charge in [0.1, 0.15) is 0 Å². The lowest BCUT2D eigenvalue weighted by molar-refractivity contribution is -0.120. The summed E-state index contributed by atoms with van der Waals surface area (Å²) < 4.78 is 0. The van der Waals surface area contributed by atoms with Gasteiger partial charge in [-0.1, -0.05) is 18.2 Å². The van der Waals surface area contributed by atoms with E-state index in [2.05, 4.69) is 43.1 Å². The molecule has 1 amide bonds. The Kier molecular flexibility index (Phi) is 6.72. The van der Waals surface area contributed by atoms with Crippen LogP contribution in [0.3, 0.4) is 0 Å². The van der Waals surface area contributed by atoms with Crippen molar-refractivity contribution in [1.29, 1.82) is 0 Å². The fraction of sp³-hybridized carbons (Fsp3) is 0.417. The lowest BCUT2D eigenvalue weighted by Gasteiger charge is -2.34. The molecule has 31 heavy (non-hydrogen) atoms. The van der Waals surface area contributed by atoms with Crippen molar-refractivity contribution in [2.45, 2.75) is 26.7 Å². The van der Waals surface area contributed by atoms with E-state index in [4.69, 9.17) is 0 Å². The maximum atomic E-state index is 12.5. The van der Waals surface area contributed by atoms with E-state index in [-0.39, 0.29) is 5.91 Å². The molecule has 7 heteroatoms. The van der Waals surface area contributed by atoms with Crippen LogP contribution >= 0.6 is 0 Å². The molecule has 2 aromatic heterocycles. The smallest absolute Gasteiger partial charge is 0.225 e. The summed E-state index contributed by atoms with van der Waals surface area (Å²) in [6.45, 7) is 9.61. The van der Waals surface area contributed by atoms with Crippen molar-refractivity contribution < 1.29 is 4.79 Å². The van der Waals surface area contributed by atoms with Gasteiger partial charge in [0, 0.05) is 56.2 Å². The van der Waals surface area contributed by atoms with Gasteiger partial charge in [-0.15, -0.1) is 0 Å². The molecule has 1 aromatic carbocycles. The molecule has 0 radical (unpaired) electrons. The predicted molar refractivity (Wildman–Crippen MR) is 123 cm³/mol. The van der Waals surface area contributed by atoms with Crippen molar-refractivity contribution >= 4 is 22.8 Å². The minimum atomic E-state index is 0.0642. The molecule has 3 heterocycles. The SMILES string of the molecule is Cc1nc2ccccc2c(C)c1CC(=O)NCCCN1CCN(c2ncccn2)CC1. The third kappa shape index (κ3) is 5.17. The van der Waals surface area contributed by atoms with Crippen LogP contribution in [0, 0.1) is 13.8 Å². The minimum Gasteiger partial charge on any atom is -0.356 e. The lowest BCUT2D eigenvalue weighted by Crippen LogP contribution is -2.47. The molecule has 0 bridgehead atoms. The van der Waals surface area contributed by atoms with Crippen LogP contribution in [0.15, 0.2) is 42.7 Å². The van der Waals surface area contributed by atoms with E-state index in [0.717, 1.165) is 72.8 Å². The number of piperazine rings is 1. The molecule has 7 nitrogen and oxygen atoms in total. The second-order valence-corrected chi connectivity index (χ2v) is 8.08. The molecule has 0 atom stereocenters. The fourth-order valence-corrected chi connectivity index (χ4v) is 4.21. The van der Waals surface area contributed by atoms with Gasteiger partial charge in [0.25, 0.3) is 0 Å². The minimum absolute atomic E-state index is 0.0642. The zero-order chi connectivity index (χ0) is 21.6.